The lowest BCUT2D eigenvalue weighted by Gasteiger charge is -2.24. The van der Waals surface area contributed by atoms with Crippen LogP contribution in [0.1, 0.15) is 19.4 Å². The Morgan fingerprint density at radius 2 is 2.08 bits per heavy atom. The second kappa shape index (κ2) is 4.05. The van der Waals surface area contributed by atoms with Gasteiger partial charge in [-0.25, -0.2) is 0 Å². The van der Waals surface area contributed by atoms with E-state index in [2.05, 4.69) is 32.2 Å². The number of rotatable bonds is 3. The highest BCUT2D eigenvalue weighted by Gasteiger charge is 2.19. The van der Waals surface area contributed by atoms with Crippen LogP contribution in [0.2, 0.25) is 0 Å². The molecule has 0 aromatic heterocycles. The largest absolute Gasteiger partial charge is 0.399 e. The highest BCUT2D eigenvalue weighted by molar-refractivity contribution is 7.98. The molecule has 0 radical (unpaired) electrons. The zero-order valence-electron chi connectivity index (χ0n) is 8.50. The third kappa shape index (κ3) is 2.66. The molecule has 0 bridgehead atoms. The summed E-state index contributed by atoms with van der Waals surface area (Å²) in [6, 6.07) is 8.16. The average Bonchev–Trinajstić information content (AvgIpc) is 2.04. The molecule has 0 saturated heterocycles. The highest BCUT2D eigenvalue weighted by Crippen LogP contribution is 2.27. The second-order valence-corrected chi connectivity index (χ2v) is 4.81. The van der Waals surface area contributed by atoms with E-state index >= 15 is 0 Å². The highest BCUT2D eigenvalue weighted by atomic mass is 32.2. The molecule has 0 unspecified atom stereocenters. The van der Waals surface area contributed by atoms with Crippen molar-refractivity contribution in [3.8, 4) is 0 Å². The van der Waals surface area contributed by atoms with Gasteiger partial charge in [0.25, 0.3) is 0 Å². The monoisotopic (exact) mass is 195 g/mol. The number of nitrogens with two attached hydrogens (primary N) is 1. The lowest BCUT2D eigenvalue weighted by Crippen LogP contribution is -2.20. The molecule has 1 aromatic rings. The average molecular weight is 195 g/mol. The van der Waals surface area contributed by atoms with Crippen LogP contribution in [0.15, 0.2) is 24.3 Å². The van der Waals surface area contributed by atoms with E-state index in [1.165, 1.54) is 5.56 Å². The van der Waals surface area contributed by atoms with Gasteiger partial charge in [-0.2, -0.15) is 11.8 Å². The van der Waals surface area contributed by atoms with Crippen molar-refractivity contribution < 1.29 is 0 Å². The fraction of sp³-hybridized carbons (Fsp3) is 0.455. The van der Waals surface area contributed by atoms with Gasteiger partial charge in [-0.1, -0.05) is 26.0 Å². The molecular formula is C11H17NS. The SMILES string of the molecule is CSCC(C)(C)c1cccc(N)c1. The van der Waals surface area contributed by atoms with Crippen LogP contribution in [-0.2, 0) is 5.41 Å². The first-order valence-corrected chi connectivity index (χ1v) is 5.80. The second-order valence-electron chi connectivity index (χ2n) is 3.94. The zero-order chi connectivity index (χ0) is 9.90. The molecule has 0 atom stereocenters. The summed E-state index contributed by atoms with van der Waals surface area (Å²) in [5, 5.41) is 0. The first-order chi connectivity index (χ1) is 6.06. The molecular weight excluding hydrogens is 178 g/mol. The maximum absolute atomic E-state index is 5.74. The van der Waals surface area contributed by atoms with Crippen LogP contribution in [-0.4, -0.2) is 12.0 Å². The number of thioether (sulfide) groups is 1. The van der Waals surface area contributed by atoms with Crippen LogP contribution in [0.3, 0.4) is 0 Å². The Balaban J connectivity index is 2.93. The van der Waals surface area contributed by atoms with Crippen molar-refractivity contribution in [2.24, 2.45) is 0 Å². The number of anilines is 1. The van der Waals surface area contributed by atoms with E-state index in [1.54, 1.807) is 0 Å². The van der Waals surface area contributed by atoms with E-state index < -0.39 is 0 Å². The molecule has 2 N–H and O–H groups in total. The van der Waals surface area contributed by atoms with Crippen LogP contribution >= 0.6 is 11.8 Å². The first kappa shape index (κ1) is 10.5. The summed E-state index contributed by atoms with van der Waals surface area (Å²) in [5.74, 6) is 1.12. The summed E-state index contributed by atoms with van der Waals surface area (Å²) in [6.07, 6.45) is 2.13. The van der Waals surface area contributed by atoms with Gasteiger partial charge >= 0.3 is 0 Å². The predicted molar refractivity (Wildman–Crippen MR) is 62.3 cm³/mol. The van der Waals surface area contributed by atoms with Crippen molar-refractivity contribution in [3.63, 3.8) is 0 Å². The summed E-state index contributed by atoms with van der Waals surface area (Å²) in [7, 11) is 0. The Kier molecular flexibility index (Phi) is 3.26. The summed E-state index contributed by atoms with van der Waals surface area (Å²) < 4.78 is 0. The van der Waals surface area contributed by atoms with Crippen molar-refractivity contribution in [2.45, 2.75) is 19.3 Å². The van der Waals surface area contributed by atoms with E-state index in [9.17, 15) is 0 Å². The number of hydrogen-bond donors (Lipinski definition) is 1. The molecule has 1 nitrogen and oxygen atoms in total. The Labute approximate surface area is 84.7 Å². The van der Waals surface area contributed by atoms with E-state index in [4.69, 9.17) is 5.73 Å². The van der Waals surface area contributed by atoms with Crippen LogP contribution in [0.4, 0.5) is 5.69 Å². The smallest absolute Gasteiger partial charge is 0.0316 e. The van der Waals surface area contributed by atoms with Gasteiger partial charge in [0.05, 0.1) is 0 Å². The quantitative estimate of drug-likeness (QED) is 0.750. The normalized spacial score (nSPS) is 11.6. The van der Waals surface area contributed by atoms with Gasteiger partial charge in [0.1, 0.15) is 0 Å². The molecule has 72 valence electrons. The van der Waals surface area contributed by atoms with E-state index in [0.29, 0.717) is 0 Å². The Hall–Kier alpha value is -0.630. The summed E-state index contributed by atoms with van der Waals surface area (Å²) in [6.45, 7) is 4.50. The summed E-state index contributed by atoms with van der Waals surface area (Å²) >= 11 is 1.87. The molecule has 0 aliphatic heterocycles. The van der Waals surface area contributed by atoms with Gasteiger partial charge < -0.3 is 5.73 Å². The van der Waals surface area contributed by atoms with Crippen molar-refractivity contribution in [1.82, 2.24) is 0 Å². The molecule has 0 saturated carbocycles. The molecule has 13 heavy (non-hydrogen) atoms. The van der Waals surface area contributed by atoms with E-state index in [0.717, 1.165) is 11.4 Å². The predicted octanol–water partition coefficient (Wildman–Crippen LogP) is 2.91. The van der Waals surface area contributed by atoms with Crippen molar-refractivity contribution in [3.05, 3.63) is 29.8 Å². The Bertz CT molecular complexity index is 281. The third-order valence-corrected chi connectivity index (χ3v) is 3.18. The molecule has 1 rings (SSSR count). The fourth-order valence-electron chi connectivity index (χ4n) is 1.40. The lowest BCUT2D eigenvalue weighted by molar-refractivity contribution is 0.603. The molecule has 0 spiro atoms. The minimum Gasteiger partial charge on any atom is -0.399 e. The maximum Gasteiger partial charge on any atom is 0.0316 e. The fourth-order valence-corrected chi connectivity index (χ4v) is 2.29. The van der Waals surface area contributed by atoms with Crippen LogP contribution in [0, 0.1) is 0 Å². The van der Waals surface area contributed by atoms with Gasteiger partial charge in [0.2, 0.25) is 0 Å². The van der Waals surface area contributed by atoms with E-state index in [1.807, 2.05) is 23.9 Å². The molecule has 0 heterocycles. The first-order valence-electron chi connectivity index (χ1n) is 4.41. The lowest BCUT2D eigenvalue weighted by atomic mass is 9.86. The topological polar surface area (TPSA) is 26.0 Å². The minimum atomic E-state index is 0.217. The molecule has 0 amide bonds. The number of hydrogen-bond acceptors (Lipinski definition) is 2. The van der Waals surface area contributed by atoms with Crippen molar-refractivity contribution >= 4 is 17.4 Å². The van der Waals surface area contributed by atoms with E-state index in [-0.39, 0.29) is 5.41 Å². The van der Waals surface area contributed by atoms with Crippen LogP contribution < -0.4 is 5.73 Å². The van der Waals surface area contributed by atoms with Crippen molar-refractivity contribution in [1.29, 1.82) is 0 Å². The zero-order valence-corrected chi connectivity index (χ0v) is 9.32. The standard InChI is InChI=1S/C11H17NS/c1-11(2,8-13-3)9-5-4-6-10(12)7-9/h4-7H,8,12H2,1-3H3. The molecule has 2 heteroatoms. The van der Waals surface area contributed by atoms with Crippen LogP contribution in [0.25, 0.3) is 0 Å². The van der Waals surface area contributed by atoms with Gasteiger partial charge in [-0.3, -0.25) is 0 Å². The number of nitrogen functional groups attached to an aromatic ring is 1. The summed E-state index contributed by atoms with van der Waals surface area (Å²) in [5.41, 5.74) is 8.14. The minimum absolute atomic E-state index is 0.217. The van der Waals surface area contributed by atoms with Gasteiger partial charge in [0.15, 0.2) is 0 Å². The van der Waals surface area contributed by atoms with Gasteiger partial charge in [-0.05, 0) is 29.4 Å². The summed E-state index contributed by atoms with van der Waals surface area (Å²) in [4.78, 5) is 0. The van der Waals surface area contributed by atoms with Gasteiger partial charge in [0, 0.05) is 11.4 Å². The third-order valence-electron chi connectivity index (χ3n) is 2.17. The van der Waals surface area contributed by atoms with Crippen LogP contribution in [0.5, 0.6) is 0 Å². The van der Waals surface area contributed by atoms with Gasteiger partial charge in [-0.15, -0.1) is 0 Å². The van der Waals surface area contributed by atoms with Crippen molar-refractivity contribution in [2.75, 3.05) is 17.7 Å². The number of benzene rings is 1. The maximum atomic E-state index is 5.74. The molecule has 0 fully saturated rings. The molecule has 0 aliphatic rings. The Morgan fingerprint density at radius 3 is 2.62 bits per heavy atom. The molecule has 1 aromatic carbocycles. The molecule has 0 aliphatic carbocycles. The Morgan fingerprint density at radius 1 is 1.38 bits per heavy atom.